The fraction of sp³-hybridized carbons (Fsp3) is 0.455. The molecule has 88 valence electrons. The number of aromatic nitrogens is 1. The van der Waals surface area contributed by atoms with Crippen molar-refractivity contribution in [1.82, 2.24) is 4.57 Å². The van der Waals surface area contributed by atoms with Crippen molar-refractivity contribution in [1.29, 1.82) is 0 Å². The van der Waals surface area contributed by atoms with E-state index >= 15 is 0 Å². The van der Waals surface area contributed by atoms with Gasteiger partial charge in [0.25, 0.3) is 0 Å². The van der Waals surface area contributed by atoms with Gasteiger partial charge in [0.05, 0.1) is 6.61 Å². The lowest BCUT2D eigenvalue weighted by Crippen LogP contribution is -2.17. The molecule has 0 bridgehead atoms. The summed E-state index contributed by atoms with van der Waals surface area (Å²) in [6, 6.07) is 1.25. The number of nitrogens with zero attached hydrogens (tertiary/aromatic N) is 1. The van der Waals surface area contributed by atoms with Gasteiger partial charge in [0.2, 0.25) is 0 Å². The van der Waals surface area contributed by atoms with Gasteiger partial charge in [0.1, 0.15) is 5.56 Å². The Bertz CT molecular complexity index is 411. The second-order valence-electron chi connectivity index (χ2n) is 3.38. The maximum Gasteiger partial charge on any atom is 0.341 e. The third kappa shape index (κ3) is 3.51. The van der Waals surface area contributed by atoms with Crippen LogP contribution in [0.5, 0.6) is 0 Å². The molecule has 5 nitrogen and oxygen atoms in total. The molecule has 0 aromatic carbocycles. The van der Waals surface area contributed by atoms with Crippen molar-refractivity contribution in [2.24, 2.45) is 0 Å². The highest BCUT2D eigenvalue weighted by atomic mass is 16.5. The average Bonchev–Trinajstić information content (AvgIpc) is 2.26. The summed E-state index contributed by atoms with van der Waals surface area (Å²) >= 11 is 0. The van der Waals surface area contributed by atoms with Gasteiger partial charge in [0.15, 0.2) is 5.43 Å². The molecule has 0 aliphatic carbocycles. The first-order valence-corrected chi connectivity index (χ1v) is 5.16. The molecular formula is C11H15NO4. The first-order chi connectivity index (χ1) is 7.65. The molecule has 0 amide bonds. The Hall–Kier alpha value is -1.62. The standard InChI is InChI=1S/C11H15NO4/c1-2-6-16-7-5-12-4-3-10(13)9(8-12)11(14)15/h3-4,8H,2,5-7H2,1H3,(H,14,15). The van der Waals surface area contributed by atoms with Gasteiger partial charge in [-0.05, 0) is 6.42 Å². The van der Waals surface area contributed by atoms with Gasteiger partial charge in [-0.15, -0.1) is 0 Å². The zero-order valence-electron chi connectivity index (χ0n) is 9.18. The highest BCUT2D eigenvalue weighted by Gasteiger charge is 2.07. The maximum atomic E-state index is 11.2. The monoisotopic (exact) mass is 225 g/mol. The van der Waals surface area contributed by atoms with E-state index in [1.165, 1.54) is 12.3 Å². The van der Waals surface area contributed by atoms with Gasteiger partial charge in [-0.2, -0.15) is 0 Å². The molecule has 0 aliphatic heterocycles. The zero-order valence-corrected chi connectivity index (χ0v) is 9.18. The molecule has 0 aliphatic rings. The third-order valence-corrected chi connectivity index (χ3v) is 2.05. The smallest absolute Gasteiger partial charge is 0.341 e. The molecule has 0 unspecified atom stereocenters. The minimum Gasteiger partial charge on any atom is -0.477 e. The molecule has 1 aromatic rings. The molecule has 5 heteroatoms. The second-order valence-corrected chi connectivity index (χ2v) is 3.38. The first kappa shape index (κ1) is 12.4. The molecule has 0 saturated heterocycles. The van der Waals surface area contributed by atoms with Crippen LogP contribution in [0.25, 0.3) is 0 Å². The van der Waals surface area contributed by atoms with Crippen LogP contribution in [0.2, 0.25) is 0 Å². The van der Waals surface area contributed by atoms with Crippen molar-refractivity contribution in [2.75, 3.05) is 13.2 Å². The zero-order chi connectivity index (χ0) is 12.0. The van der Waals surface area contributed by atoms with Gasteiger partial charge in [-0.1, -0.05) is 6.92 Å². The average molecular weight is 225 g/mol. The fourth-order valence-corrected chi connectivity index (χ4v) is 1.24. The minimum atomic E-state index is -1.20. The summed E-state index contributed by atoms with van der Waals surface area (Å²) in [6.07, 6.45) is 3.84. The molecule has 1 heterocycles. The van der Waals surface area contributed by atoms with Crippen molar-refractivity contribution in [3.05, 3.63) is 34.2 Å². The Morgan fingerprint density at radius 2 is 2.25 bits per heavy atom. The summed E-state index contributed by atoms with van der Waals surface area (Å²) in [5, 5.41) is 8.76. The topological polar surface area (TPSA) is 68.5 Å². The Balaban J connectivity index is 2.64. The van der Waals surface area contributed by atoms with Gasteiger partial charge in [-0.3, -0.25) is 4.79 Å². The summed E-state index contributed by atoms with van der Waals surface area (Å²) in [6.45, 7) is 3.75. The quantitative estimate of drug-likeness (QED) is 0.732. The van der Waals surface area contributed by atoms with Crippen molar-refractivity contribution in [3.63, 3.8) is 0 Å². The van der Waals surface area contributed by atoms with Crippen LogP contribution < -0.4 is 5.43 Å². The maximum absolute atomic E-state index is 11.2. The van der Waals surface area contributed by atoms with Crippen molar-refractivity contribution < 1.29 is 14.6 Å². The molecular weight excluding hydrogens is 210 g/mol. The Morgan fingerprint density at radius 3 is 2.88 bits per heavy atom. The van der Waals surface area contributed by atoms with Crippen molar-refractivity contribution in [2.45, 2.75) is 19.9 Å². The minimum absolute atomic E-state index is 0.210. The Kier molecular flexibility index (Phi) is 4.72. The SMILES string of the molecule is CCCOCCn1ccc(=O)c(C(=O)O)c1. The predicted molar refractivity (Wildman–Crippen MR) is 58.8 cm³/mol. The highest BCUT2D eigenvalue weighted by Crippen LogP contribution is 1.94. The van der Waals surface area contributed by atoms with Gasteiger partial charge >= 0.3 is 5.97 Å². The van der Waals surface area contributed by atoms with Crippen LogP contribution in [0, 0.1) is 0 Å². The first-order valence-electron chi connectivity index (χ1n) is 5.16. The lowest BCUT2D eigenvalue weighted by Gasteiger charge is -2.07. The van der Waals surface area contributed by atoms with E-state index < -0.39 is 11.4 Å². The number of hydrogen-bond donors (Lipinski definition) is 1. The number of hydrogen-bond acceptors (Lipinski definition) is 3. The number of carboxylic acids is 1. The van der Waals surface area contributed by atoms with Crippen LogP contribution in [-0.4, -0.2) is 28.9 Å². The molecule has 1 N–H and O–H groups in total. The molecule has 0 spiro atoms. The number of carbonyl (C=O) groups is 1. The van der Waals surface area contributed by atoms with Gasteiger partial charge in [-0.25, -0.2) is 4.79 Å². The number of ether oxygens (including phenoxy) is 1. The van der Waals surface area contributed by atoms with E-state index in [1.807, 2.05) is 6.92 Å². The van der Waals surface area contributed by atoms with Crippen LogP contribution in [0.15, 0.2) is 23.3 Å². The van der Waals surface area contributed by atoms with Gasteiger partial charge in [0, 0.05) is 31.6 Å². The van der Waals surface area contributed by atoms with Crippen LogP contribution in [-0.2, 0) is 11.3 Å². The molecule has 16 heavy (non-hydrogen) atoms. The molecule has 0 radical (unpaired) electrons. The van der Waals surface area contributed by atoms with Crippen molar-refractivity contribution >= 4 is 5.97 Å². The van der Waals surface area contributed by atoms with E-state index in [4.69, 9.17) is 9.84 Å². The predicted octanol–water partition coefficient (Wildman–Crippen LogP) is 0.973. The van der Waals surface area contributed by atoms with E-state index in [2.05, 4.69) is 0 Å². The Labute approximate surface area is 93.3 Å². The Morgan fingerprint density at radius 1 is 1.50 bits per heavy atom. The van der Waals surface area contributed by atoms with Gasteiger partial charge < -0.3 is 14.4 Å². The number of carboxylic acid groups (broad SMARTS) is 1. The second kappa shape index (κ2) is 6.07. The summed E-state index contributed by atoms with van der Waals surface area (Å²) in [5.74, 6) is -1.20. The van der Waals surface area contributed by atoms with E-state index in [-0.39, 0.29) is 5.56 Å². The van der Waals surface area contributed by atoms with Crippen LogP contribution in [0.1, 0.15) is 23.7 Å². The summed E-state index contributed by atoms with van der Waals surface area (Å²) in [5.41, 5.74) is -0.684. The summed E-state index contributed by atoms with van der Waals surface area (Å²) in [4.78, 5) is 21.9. The largest absolute Gasteiger partial charge is 0.477 e. The molecule has 1 aromatic heterocycles. The van der Waals surface area contributed by atoms with E-state index in [0.717, 1.165) is 6.42 Å². The lowest BCUT2D eigenvalue weighted by atomic mass is 10.3. The van der Waals surface area contributed by atoms with Crippen LogP contribution in [0.3, 0.4) is 0 Å². The van der Waals surface area contributed by atoms with Crippen LogP contribution >= 0.6 is 0 Å². The highest BCUT2D eigenvalue weighted by molar-refractivity contribution is 5.86. The normalized spacial score (nSPS) is 10.3. The van der Waals surface area contributed by atoms with Crippen LogP contribution in [0.4, 0.5) is 0 Å². The summed E-state index contributed by atoms with van der Waals surface area (Å²) in [7, 11) is 0. The molecule has 0 saturated carbocycles. The lowest BCUT2D eigenvalue weighted by molar-refractivity contribution is 0.0694. The third-order valence-electron chi connectivity index (χ3n) is 2.05. The van der Waals surface area contributed by atoms with E-state index in [0.29, 0.717) is 19.8 Å². The molecule has 0 fully saturated rings. The van der Waals surface area contributed by atoms with Crippen molar-refractivity contribution in [3.8, 4) is 0 Å². The van der Waals surface area contributed by atoms with E-state index in [1.54, 1.807) is 10.8 Å². The number of aromatic carboxylic acids is 1. The van der Waals surface area contributed by atoms with E-state index in [9.17, 15) is 9.59 Å². The number of pyridine rings is 1. The summed E-state index contributed by atoms with van der Waals surface area (Å²) < 4.78 is 6.91. The number of rotatable bonds is 6. The molecule has 0 atom stereocenters. The fourth-order valence-electron chi connectivity index (χ4n) is 1.24. The molecule has 1 rings (SSSR count).